The first-order chi connectivity index (χ1) is 14.9. The SMILES string of the molecule is COc1ccc(N(CCC(N)=O)C(=O)CSc2nnc(Nc3ccc(F)cc3)s2)cc1. The Morgan fingerprint density at radius 3 is 2.52 bits per heavy atom. The summed E-state index contributed by atoms with van der Waals surface area (Å²) in [4.78, 5) is 25.6. The number of nitrogens with zero attached hydrogens (tertiary/aromatic N) is 3. The van der Waals surface area contributed by atoms with E-state index in [1.807, 2.05) is 0 Å². The molecule has 0 atom stereocenters. The molecule has 1 heterocycles. The number of nitrogens with one attached hydrogen (secondary N) is 1. The third kappa shape index (κ3) is 6.66. The van der Waals surface area contributed by atoms with Crippen LogP contribution in [0.2, 0.25) is 0 Å². The van der Waals surface area contributed by atoms with E-state index in [1.54, 1.807) is 43.5 Å². The molecule has 0 spiro atoms. The first-order valence-corrected chi connectivity index (χ1v) is 11.0. The predicted octanol–water partition coefficient (Wildman–Crippen LogP) is 3.43. The van der Waals surface area contributed by atoms with Gasteiger partial charge in [0.1, 0.15) is 11.6 Å². The molecule has 2 amide bonds. The molecule has 8 nitrogen and oxygen atoms in total. The molecule has 1 aromatic heterocycles. The van der Waals surface area contributed by atoms with Crippen molar-refractivity contribution in [1.29, 1.82) is 0 Å². The first-order valence-electron chi connectivity index (χ1n) is 9.16. The van der Waals surface area contributed by atoms with Crippen molar-refractivity contribution < 1.29 is 18.7 Å². The Balaban J connectivity index is 1.62. The molecule has 3 rings (SSSR count). The normalized spacial score (nSPS) is 10.5. The molecular formula is C20H20FN5O3S2. The highest BCUT2D eigenvalue weighted by Gasteiger charge is 2.18. The van der Waals surface area contributed by atoms with Crippen LogP contribution in [0.3, 0.4) is 0 Å². The van der Waals surface area contributed by atoms with Crippen LogP contribution in [0.5, 0.6) is 5.75 Å². The van der Waals surface area contributed by atoms with Gasteiger partial charge < -0.3 is 20.7 Å². The fourth-order valence-electron chi connectivity index (χ4n) is 2.56. The minimum Gasteiger partial charge on any atom is -0.497 e. The molecule has 31 heavy (non-hydrogen) atoms. The van der Waals surface area contributed by atoms with Crippen molar-refractivity contribution in [2.75, 3.05) is 29.6 Å². The summed E-state index contributed by atoms with van der Waals surface area (Å²) >= 11 is 2.52. The molecule has 0 saturated carbocycles. The monoisotopic (exact) mass is 461 g/mol. The summed E-state index contributed by atoms with van der Waals surface area (Å²) in [5, 5.41) is 11.7. The molecule has 0 aliphatic heterocycles. The van der Waals surface area contributed by atoms with Crippen molar-refractivity contribution >= 4 is 51.4 Å². The van der Waals surface area contributed by atoms with Crippen molar-refractivity contribution in [3.05, 3.63) is 54.3 Å². The molecular weight excluding hydrogens is 441 g/mol. The number of benzene rings is 2. The van der Waals surface area contributed by atoms with Gasteiger partial charge >= 0.3 is 0 Å². The Labute approximate surface area is 186 Å². The van der Waals surface area contributed by atoms with E-state index in [0.717, 1.165) is 0 Å². The molecule has 3 aromatic rings. The fourth-order valence-corrected chi connectivity index (χ4v) is 4.21. The number of rotatable bonds is 10. The van der Waals surface area contributed by atoms with E-state index >= 15 is 0 Å². The van der Waals surface area contributed by atoms with Gasteiger partial charge in [0.05, 0.1) is 12.9 Å². The van der Waals surface area contributed by atoms with Gasteiger partial charge in [0.15, 0.2) is 4.34 Å². The molecule has 11 heteroatoms. The van der Waals surface area contributed by atoms with Gasteiger partial charge in [-0.1, -0.05) is 23.1 Å². The van der Waals surface area contributed by atoms with Crippen molar-refractivity contribution in [1.82, 2.24) is 10.2 Å². The van der Waals surface area contributed by atoms with Crippen LogP contribution in [0.25, 0.3) is 0 Å². The molecule has 0 saturated heterocycles. The number of thioether (sulfide) groups is 1. The van der Waals surface area contributed by atoms with Crippen LogP contribution in [-0.4, -0.2) is 41.4 Å². The topological polar surface area (TPSA) is 110 Å². The molecule has 3 N–H and O–H groups in total. The molecule has 0 unspecified atom stereocenters. The number of amides is 2. The van der Waals surface area contributed by atoms with Crippen molar-refractivity contribution in [2.45, 2.75) is 10.8 Å². The van der Waals surface area contributed by atoms with Crippen LogP contribution >= 0.6 is 23.1 Å². The summed E-state index contributed by atoms with van der Waals surface area (Å²) in [5.74, 6) is -0.235. The Kier molecular flexibility index (Phi) is 7.79. The molecule has 0 fully saturated rings. The van der Waals surface area contributed by atoms with E-state index in [0.29, 0.717) is 26.6 Å². The molecule has 2 aromatic carbocycles. The third-order valence-electron chi connectivity index (χ3n) is 4.09. The second-order valence-corrected chi connectivity index (χ2v) is 8.45. The minimum atomic E-state index is -0.486. The summed E-state index contributed by atoms with van der Waals surface area (Å²) in [6.07, 6.45) is 0.0486. The standard InChI is InChI=1S/C20H20FN5O3S2/c1-29-16-8-6-15(7-9-16)26(11-10-17(22)27)18(28)12-30-20-25-24-19(31-20)23-14-4-2-13(21)3-5-14/h2-9H,10-12H2,1H3,(H2,22,27)(H,23,24). The van der Waals surface area contributed by atoms with Crippen LogP contribution in [0, 0.1) is 5.82 Å². The van der Waals surface area contributed by atoms with Crippen molar-refractivity contribution in [3.8, 4) is 5.75 Å². The number of methoxy groups -OCH3 is 1. The summed E-state index contributed by atoms with van der Waals surface area (Å²) < 4.78 is 18.7. The third-order valence-corrected chi connectivity index (χ3v) is 6.04. The van der Waals surface area contributed by atoms with Crippen LogP contribution < -0.4 is 20.7 Å². The van der Waals surface area contributed by atoms with Gasteiger partial charge in [-0.15, -0.1) is 10.2 Å². The lowest BCUT2D eigenvalue weighted by Gasteiger charge is -2.22. The maximum Gasteiger partial charge on any atom is 0.237 e. The number of carbonyl (C=O) groups excluding carboxylic acids is 2. The number of primary amides is 1. The second-order valence-electron chi connectivity index (χ2n) is 6.25. The summed E-state index contributed by atoms with van der Waals surface area (Å²) in [5.41, 5.74) is 6.58. The lowest BCUT2D eigenvalue weighted by atomic mass is 10.2. The number of hydrogen-bond donors (Lipinski definition) is 2. The first kappa shape index (κ1) is 22.5. The van der Waals surface area contributed by atoms with E-state index in [2.05, 4.69) is 15.5 Å². The average Bonchev–Trinajstić information content (AvgIpc) is 3.21. The number of hydrogen-bond acceptors (Lipinski definition) is 8. The lowest BCUT2D eigenvalue weighted by molar-refractivity contribution is -0.118. The van der Waals surface area contributed by atoms with E-state index in [9.17, 15) is 14.0 Å². The zero-order valence-electron chi connectivity index (χ0n) is 16.6. The van der Waals surface area contributed by atoms with Crippen LogP contribution in [0.1, 0.15) is 6.42 Å². The van der Waals surface area contributed by atoms with Crippen LogP contribution in [0.15, 0.2) is 52.9 Å². The van der Waals surface area contributed by atoms with E-state index < -0.39 is 5.91 Å². The minimum absolute atomic E-state index is 0.0486. The Morgan fingerprint density at radius 1 is 1.16 bits per heavy atom. The van der Waals surface area contributed by atoms with E-state index in [4.69, 9.17) is 10.5 Å². The van der Waals surface area contributed by atoms with Crippen molar-refractivity contribution in [3.63, 3.8) is 0 Å². The Bertz CT molecular complexity index is 1030. The number of ether oxygens (including phenoxy) is 1. The predicted molar refractivity (Wildman–Crippen MR) is 119 cm³/mol. The zero-order chi connectivity index (χ0) is 22.2. The molecule has 0 aliphatic rings. The van der Waals surface area contributed by atoms with Gasteiger partial charge in [0.25, 0.3) is 0 Å². The number of carbonyl (C=O) groups is 2. The van der Waals surface area contributed by atoms with Gasteiger partial charge in [-0.3, -0.25) is 9.59 Å². The van der Waals surface area contributed by atoms with E-state index in [-0.39, 0.29) is 30.4 Å². The smallest absolute Gasteiger partial charge is 0.237 e. The van der Waals surface area contributed by atoms with Gasteiger partial charge in [-0.25, -0.2) is 4.39 Å². The second kappa shape index (κ2) is 10.7. The average molecular weight is 462 g/mol. The number of nitrogens with two attached hydrogens (primary N) is 1. The number of aromatic nitrogens is 2. The van der Waals surface area contributed by atoms with E-state index in [1.165, 1.54) is 40.1 Å². The Hall–Kier alpha value is -3.18. The Morgan fingerprint density at radius 2 is 1.87 bits per heavy atom. The molecule has 0 radical (unpaired) electrons. The van der Waals surface area contributed by atoms with Gasteiger partial charge in [0.2, 0.25) is 16.9 Å². The largest absolute Gasteiger partial charge is 0.497 e. The fraction of sp³-hybridized carbons (Fsp3) is 0.200. The summed E-state index contributed by atoms with van der Waals surface area (Å²) in [6.45, 7) is 0.175. The molecule has 162 valence electrons. The molecule has 0 aliphatic carbocycles. The highest BCUT2D eigenvalue weighted by atomic mass is 32.2. The highest BCUT2D eigenvalue weighted by Crippen LogP contribution is 2.28. The highest BCUT2D eigenvalue weighted by molar-refractivity contribution is 8.01. The maximum absolute atomic E-state index is 13.0. The number of anilines is 3. The maximum atomic E-state index is 13.0. The quantitative estimate of drug-likeness (QED) is 0.445. The zero-order valence-corrected chi connectivity index (χ0v) is 18.2. The number of halogens is 1. The summed E-state index contributed by atoms with van der Waals surface area (Å²) in [7, 11) is 1.56. The summed E-state index contributed by atoms with van der Waals surface area (Å²) in [6, 6.07) is 12.9. The van der Waals surface area contributed by atoms with Gasteiger partial charge in [0, 0.05) is 24.3 Å². The van der Waals surface area contributed by atoms with Crippen LogP contribution in [0.4, 0.5) is 20.9 Å². The van der Waals surface area contributed by atoms with Crippen molar-refractivity contribution in [2.24, 2.45) is 5.73 Å². The van der Waals surface area contributed by atoms with Gasteiger partial charge in [-0.05, 0) is 48.5 Å². The van der Waals surface area contributed by atoms with Crippen LogP contribution in [-0.2, 0) is 9.59 Å². The van der Waals surface area contributed by atoms with Gasteiger partial charge in [-0.2, -0.15) is 0 Å². The lowest BCUT2D eigenvalue weighted by Crippen LogP contribution is -2.35. The molecule has 0 bridgehead atoms.